The molecule has 0 unspecified atom stereocenters. The average molecular weight is 365 g/mol. The molecular formula is C12F10P-. The first-order valence-electron chi connectivity index (χ1n) is 5.34. The first kappa shape index (κ1) is 17.5. The molecule has 0 aliphatic carbocycles. The number of hydrogen-bond donors (Lipinski definition) is 0. The molecule has 11 heteroatoms. The lowest BCUT2D eigenvalue weighted by Crippen LogP contribution is -2.23. The van der Waals surface area contributed by atoms with E-state index in [-0.39, 0.29) is 0 Å². The minimum Gasteiger partial charge on any atom is -0.459 e. The summed E-state index contributed by atoms with van der Waals surface area (Å²) in [5, 5.41) is -3.52. The number of hydrogen-bond acceptors (Lipinski definition) is 0. The Hall–Kier alpha value is -1.83. The monoisotopic (exact) mass is 365 g/mol. The molecule has 124 valence electrons. The molecule has 0 saturated carbocycles. The summed E-state index contributed by atoms with van der Waals surface area (Å²) in [6.07, 6.45) is 0. The summed E-state index contributed by atoms with van der Waals surface area (Å²) in [5.41, 5.74) is 0. The third-order valence-corrected chi connectivity index (χ3v) is 3.83. The third-order valence-electron chi connectivity index (χ3n) is 2.60. The summed E-state index contributed by atoms with van der Waals surface area (Å²) in [5.74, 6) is -24.6. The summed E-state index contributed by atoms with van der Waals surface area (Å²) < 4.78 is 131. The van der Waals surface area contributed by atoms with Crippen molar-refractivity contribution < 1.29 is 43.9 Å². The highest BCUT2D eigenvalue weighted by Crippen LogP contribution is 2.27. The van der Waals surface area contributed by atoms with E-state index < -0.39 is 77.4 Å². The highest BCUT2D eigenvalue weighted by Gasteiger charge is 2.24. The van der Waals surface area contributed by atoms with Crippen LogP contribution in [-0.4, -0.2) is 0 Å². The van der Waals surface area contributed by atoms with E-state index in [1.807, 2.05) is 0 Å². The molecule has 0 fully saturated rings. The SMILES string of the molecule is Fc1c(F)c(F)c([P-]c2c(F)c(F)c(F)c(F)c2F)c(F)c1F. The number of halogens is 10. The Morgan fingerprint density at radius 1 is 0.304 bits per heavy atom. The molecular weight excluding hydrogens is 365 g/mol. The second-order valence-electron chi connectivity index (χ2n) is 3.95. The molecule has 0 spiro atoms. The van der Waals surface area contributed by atoms with Gasteiger partial charge in [0, 0.05) is 0 Å². The van der Waals surface area contributed by atoms with Crippen LogP contribution >= 0.6 is 8.58 Å². The van der Waals surface area contributed by atoms with Crippen LogP contribution in [0.4, 0.5) is 43.9 Å². The molecule has 0 aromatic heterocycles. The van der Waals surface area contributed by atoms with Crippen LogP contribution in [0, 0.1) is 58.2 Å². The van der Waals surface area contributed by atoms with E-state index in [0.29, 0.717) is 0 Å². The van der Waals surface area contributed by atoms with Gasteiger partial charge in [-0.15, -0.1) is 10.6 Å². The van der Waals surface area contributed by atoms with Gasteiger partial charge in [0.25, 0.3) is 0 Å². The average Bonchev–Trinajstić information content (AvgIpc) is 2.54. The fraction of sp³-hybridized carbons (Fsp3) is 0. The van der Waals surface area contributed by atoms with E-state index in [9.17, 15) is 43.9 Å². The van der Waals surface area contributed by atoms with Gasteiger partial charge < -0.3 is 8.58 Å². The molecule has 2 aromatic carbocycles. The van der Waals surface area contributed by atoms with E-state index in [4.69, 9.17) is 0 Å². The van der Waals surface area contributed by atoms with Gasteiger partial charge in [-0.25, -0.2) is 43.9 Å². The largest absolute Gasteiger partial charge is 0.459 e. The molecule has 0 aliphatic rings. The van der Waals surface area contributed by atoms with Gasteiger partial charge >= 0.3 is 0 Å². The summed E-state index contributed by atoms with van der Waals surface area (Å²) in [6, 6.07) is 0. The predicted molar refractivity (Wildman–Crippen MR) is 58.7 cm³/mol. The van der Waals surface area contributed by atoms with Gasteiger partial charge in [0.2, 0.25) is 0 Å². The summed E-state index contributed by atoms with van der Waals surface area (Å²) in [6.45, 7) is 0. The van der Waals surface area contributed by atoms with E-state index in [2.05, 4.69) is 0 Å². The molecule has 0 saturated heterocycles. The van der Waals surface area contributed by atoms with Crippen LogP contribution in [0.15, 0.2) is 0 Å². The van der Waals surface area contributed by atoms with Crippen LogP contribution in [0.25, 0.3) is 0 Å². The van der Waals surface area contributed by atoms with Crippen LogP contribution in [-0.2, 0) is 0 Å². The van der Waals surface area contributed by atoms with E-state index >= 15 is 0 Å². The normalized spacial score (nSPS) is 11.2. The molecule has 2 rings (SSSR count). The van der Waals surface area contributed by atoms with E-state index in [1.54, 1.807) is 0 Å². The number of benzene rings is 2. The molecule has 0 amide bonds. The van der Waals surface area contributed by atoms with Gasteiger partial charge in [-0.2, -0.15) is 0 Å². The van der Waals surface area contributed by atoms with Crippen molar-refractivity contribution in [3.8, 4) is 0 Å². The lowest BCUT2D eigenvalue weighted by molar-refractivity contribution is 0.383. The molecule has 0 radical (unpaired) electrons. The fourth-order valence-corrected chi connectivity index (χ4v) is 2.50. The van der Waals surface area contributed by atoms with Crippen LogP contribution in [0.5, 0.6) is 0 Å². The van der Waals surface area contributed by atoms with E-state index in [0.717, 1.165) is 0 Å². The lowest BCUT2D eigenvalue weighted by Gasteiger charge is -2.23. The quantitative estimate of drug-likeness (QED) is 0.327. The predicted octanol–water partition coefficient (Wildman–Crippen LogP) is 3.97. The Morgan fingerprint density at radius 2 is 0.478 bits per heavy atom. The second kappa shape index (κ2) is 5.99. The van der Waals surface area contributed by atoms with Crippen molar-refractivity contribution in [2.24, 2.45) is 0 Å². The van der Waals surface area contributed by atoms with Crippen molar-refractivity contribution in [3.63, 3.8) is 0 Å². The first-order chi connectivity index (χ1) is 10.6. The Kier molecular flexibility index (Phi) is 4.57. The fourth-order valence-electron chi connectivity index (χ4n) is 1.49. The second-order valence-corrected chi connectivity index (χ2v) is 5.07. The van der Waals surface area contributed by atoms with Crippen LogP contribution in [0.2, 0.25) is 0 Å². The maximum atomic E-state index is 13.4. The highest BCUT2D eigenvalue weighted by molar-refractivity contribution is 7.55. The topological polar surface area (TPSA) is 0 Å². The number of rotatable bonds is 2. The van der Waals surface area contributed by atoms with Crippen LogP contribution < -0.4 is 10.6 Å². The Balaban J connectivity index is 2.71. The minimum absolute atomic E-state index is 1.43. The maximum absolute atomic E-state index is 13.4. The standard InChI is InChI=1S/C12F10P/c13-1-3(15)7(19)11(8(20)4(1)16)23-12-9(21)5(17)2(14)6(18)10(12)22/q-1. The summed E-state index contributed by atoms with van der Waals surface area (Å²) >= 11 is 0. The Labute approximate surface area is 122 Å². The summed E-state index contributed by atoms with van der Waals surface area (Å²) in [4.78, 5) is 0. The van der Waals surface area contributed by atoms with Gasteiger partial charge in [-0.3, -0.25) is 0 Å². The molecule has 0 nitrogen and oxygen atoms in total. The zero-order valence-electron chi connectivity index (χ0n) is 10.2. The summed E-state index contributed by atoms with van der Waals surface area (Å²) in [7, 11) is -1.43. The van der Waals surface area contributed by atoms with Crippen molar-refractivity contribution in [2.45, 2.75) is 0 Å². The van der Waals surface area contributed by atoms with Crippen molar-refractivity contribution in [1.82, 2.24) is 0 Å². The van der Waals surface area contributed by atoms with Crippen LogP contribution in [0.3, 0.4) is 0 Å². The molecule has 2 aromatic rings. The Morgan fingerprint density at radius 3 is 0.696 bits per heavy atom. The maximum Gasteiger partial charge on any atom is 0.200 e. The van der Waals surface area contributed by atoms with Crippen molar-refractivity contribution in [3.05, 3.63) is 58.2 Å². The van der Waals surface area contributed by atoms with Gasteiger partial charge in [0.1, 0.15) is 23.3 Å². The molecule has 23 heavy (non-hydrogen) atoms. The first-order valence-corrected chi connectivity index (χ1v) is 6.23. The van der Waals surface area contributed by atoms with Crippen molar-refractivity contribution in [2.75, 3.05) is 0 Å². The zero-order valence-corrected chi connectivity index (χ0v) is 11.1. The molecule has 0 bridgehead atoms. The van der Waals surface area contributed by atoms with Gasteiger partial charge in [-0.1, -0.05) is 0 Å². The molecule has 0 atom stereocenters. The van der Waals surface area contributed by atoms with Crippen LogP contribution in [0.1, 0.15) is 0 Å². The van der Waals surface area contributed by atoms with Gasteiger partial charge in [-0.05, 0) is 0 Å². The lowest BCUT2D eigenvalue weighted by atomic mass is 10.3. The minimum atomic E-state index is -2.53. The van der Waals surface area contributed by atoms with Gasteiger partial charge in [0.15, 0.2) is 34.9 Å². The third kappa shape index (κ3) is 2.65. The molecule has 0 heterocycles. The van der Waals surface area contributed by atoms with Crippen molar-refractivity contribution >= 4 is 19.2 Å². The smallest absolute Gasteiger partial charge is 0.200 e. The van der Waals surface area contributed by atoms with Crippen molar-refractivity contribution in [1.29, 1.82) is 0 Å². The van der Waals surface area contributed by atoms with Gasteiger partial charge in [0.05, 0.1) is 0 Å². The zero-order chi connectivity index (χ0) is 17.6. The Bertz CT molecular complexity index is 691. The molecule has 0 aliphatic heterocycles. The van der Waals surface area contributed by atoms with E-state index in [1.165, 1.54) is 0 Å². The molecule has 0 N–H and O–H groups in total. The highest BCUT2D eigenvalue weighted by atomic mass is 31.1.